The number of carbonyl (C=O) groups is 1. The number of rotatable bonds is 10. The summed E-state index contributed by atoms with van der Waals surface area (Å²) in [4.78, 5) is 12.8. The largest absolute Gasteiger partial charge is 0.497 e. The third kappa shape index (κ3) is 5.80. The first kappa shape index (κ1) is 25.9. The average Bonchev–Trinajstić information content (AvgIpc) is 3.34. The van der Waals surface area contributed by atoms with E-state index in [0.29, 0.717) is 22.8 Å². The van der Waals surface area contributed by atoms with Crippen molar-refractivity contribution in [3.8, 4) is 28.4 Å². The third-order valence-electron chi connectivity index (χ3n) is 6.41. The maximum atomic E-state index is 12.8. The lowest BCUT2D eigenvalue weighted by Crippen LogP contribution is -2.08. The molecule has 6 heteroatoms. The molecule has 0 aliphatic rings. The zero-order chi connectivity index (χ0) is 26.4. The number of benzene rings is 3. The normalized spacial score (nSPS) is 11.4. The fraction of sp³-hybridized carbons (Fsp3) is 0.258. The van der Waals surface area contributed by atoms with Gasteiger partial charge in [0.2, 0.25) is 5.91 Å². The predicted molar refractivity (Wildman–Crippen MR) is 149 cm³/mol. The van der Waals surface area contributed by atoms with Crippen LogP contribution in [0.1, 0.15) is 37.8 Å². The number of methoxy groups -OCH3 is 3. The van der Waals surface area contributed by atoms with Gasteiger partial charge in [0.25, 0.3) is 0 Å². The molecule has 4 rings (SSSR count). The van der Waals surface area contributed by atoms with E-state index >= 15 is 0 Å². The summed E-state index contributed by atoms with van der Waals surface area (Å²) in [6.45, 7) is 4.07. The summed E-state index contributed by atoms with van der Waals surface area (Å²) in [5.41, 5.74) is 5.96. The number of allylic oxidation sites excluding steroid dienone is 1. The molecule has 1 aromatic heterocycles. The molecule has 4 aromatic rings. The highest BCUT2D eigenvalue weighted by Gasteiger charge is 2.18. The van der Waals surface area contributed by atoms with Crippen LogP contribution in [0.3, 0.4) is 0 Å². The second-order valence-corrected chi connectivity index (χ2v) is 8.88. The van der Waals surface area contributed by atoms with Gasteiger partial charge in [0.15, 0.2) is 0 Å². The fourth-order valence-corrected chi connectivity index (χ4v) is 4.35. The highest BCUT2D eigenvalue weighted by molar-refractivity contribution is 6.05. The molecule has 37 heavy (non-hydrogen) atoms. The monoisotopic (exact) mass is 499 g/mol. The van der Waals surface area contributed by atoms with Gasteiger partial charge in [0.1, 0.15) is 22.8 Å². The molecule has 1 heterocycles. The molecule has 0 spiro atoms. The van der Waals surface area contributed by atoms with E-state index in [2.05, 4.69) is 24.4 Å². The van der Waals surface area contributed by atoms with Crippen LogP contribution in [-0.2, 0) is 11.2 Å². The van der Waals surface area contributed by atoms with E-state index in [1.54, 1.807) is 33.7 Å². The minimum atomic E-state index is -0.206. The second kappa shape index (κ2) is 11.7. The van der Waals surface area contributed by atoms with Crippen LogP contribution in [0.25, 0.3) is 27.7 Å². The predicted octanol–water partition coefficient (Wildman–Crippen LogP) is 7.51. The molecule has 0 saturated heterocycles. The van der Waals surface area contributed by atoms with Crippen LogP contribution < -0.4 is 19.5 Å². The Morgan fingerprint density at radius 2 is 1.68 bits per heavy atom. The Balaban J connectivity index is 1.66. The van der Waals surface area contributed by atoms with E-state index < -0.39 is 0 Å². The van der Waals surface area contributed by atoms with Crippen molar-refractivity contribution in [3.63, 3.8) is 0 Å². The third-order valence-corrected chi connectivity index (χ3v) is 6.41. The molecule has 0 radical (unpaired) electrons. The van der Waals surface area contributed by atoms with Gasteiger partial charge in [-0.25, -0.2) is 0 Å². The van der Waals surface area contributed by atoms with Crippen molar-refractivity contribution in [2.24, 2.45) is 0 Å². The Bertz CT molecular complexity index is 1420. The molecule has 0 saturated carbocycles. The number of fused-ring (bicyclic) bond motifs is 1. The van der Waals surface area contributed by atoms with E-state index in [1.165, 1.54) is 5.56 Å². The van der Waals surface area contributed by atoms with Gasteiger partial charge in [-0.2, -0.15) is 0 Å². The van der Waals surface area contributed by atoms with Gasteiger partial charge < -0.3 is 23.9 Å². The van der Waals surface area contributed by atoms with Gasteiger partial charge in [-0.3, -0.25) is 4.79 Å². The van der Waals surface area contributed by atoms with Gasteiger partial charge in [0, 0.05) is 39.9 Å². The maximum absolute atomic E-state index is 12.8. The number of anilines is 1. The fourth-order valence-electron chi connectivity index (χ4n) is 4.35. The van der Waals surface area contributed by atoms with Crippen molar-refractivity contribution in [1.29, 1.82) is 0 Å². The summed E-state index contributed by atoms with van der Waals surface area (Å²) in [5, 5.41) is 3.83. The van der Waals surface area contributed by atoms with E-state index in [0.717, 1.165) is 52.6 Å². The molecule has 3 aromatic carbocycles. The SMILES string of the molecule is CCCCc1ccc(NC(=O)/C=C(\C)c2cc3c(-c4cc(OC)ccc4OC)coc3cc2OC)cc1. The molecule has 0 aliphatic carbocycles. The molecular formula is C31H33NO5. The first-order chi connectivity index (χ1) is 18.0. The number of hydrogen-bond acceptors (Lipinski definition) is 5. The Hall–Kier alpha value is -4.19. The molecule has 1 amide bonds. The van der Waals surface area contributed by atoms with E-state index in [-0.39, 0.29) is 5.91 Å². The van der Waals surface area contributed by atoms with E-state index in [9.17, 15) is 4.79 Å². The quantitative estimate of drug-likeness (QED) is 0.229. The Morgan fingerprint density at radius 1 is 0.919 bits per heavy atom. The summed E-state index contributed by atoms with van der Waals surface area (Å²) in [7, 11) is 4.86. The molecule has 1 N–H and O–H groups in total. The molecule has 0 aliphatic heterocycles. The smallest absolute Gasteiger partial charge is 0.248 e. The Labute approximate surface area is 217 Å². The number of nitrogens with one attached hydrogen (secondary N) is 1. The summed E-state index contributed by atoms with van der Waals surface area (Å²) in [6, 6.07) is 17.5. The first-order valence-electron chi connectivity index (χ1n) is 12.4. The lowest BCUT2D eigenvalue weighted by Gasteiger charge is -2.12. The number of furan rings is 1. The van der Waals surface area contributed by atoms with Gasteiger partial charge in [0.05, 0.1) is 27.6 Å². The highest BCUT2D eigenvalue weighted by Crippen LogP contribution is 2.41. The molecule has 0 unspecified atom stereocenters. The number of unbranched alkanes of at least 4 members (excludes halogenated alkanes) is 1. The lowest BCUT2D eigenvalue weighted by atomic mass is 9.98. The number of carbonyl (C=O) groups excluding carboxylic acids is 1. The zero-order valence-electron chi connectivity index (χ0n) is 22.0. The molecule has 192 valence electrons. The average molecular weight is 500 g/mol. The van der Waals surface area contributed by atoms with Crippen LogP contribution in [0, 0.1) is 0 Å². The lowest BCUT2D eigenvalue weighted by molar-refractivity contribution is -0.111. The van der Waals surface area contributed by atoms with Gasteiger partial charge in [-0.05, 0) is 67.3 Å². The van der Waals surface area contributed by atoms with Crippen molar-refractivity contribution in [2.75, 3.05) is 26.6 Å². The number of amides is 1. The molecule has 0 bridgehead atoms. The summed E-state index contributed by atoms with van der Waals surface area (Å²) in [6.07, 6.45) is 6.64. The van der Waals surface area contributed by atoms with Gasteiger partial charge in [-0.1, -0.05) is 25.5 Å². The first-order valence-corrected chi connectivity index (χ1v) is 12.4. The molecule has 6 nitrogen and oxygen atoms in total. The molecule has 0 atom stereocenters. The Kier molecular flexibility index (Phi) is 8.18. The minimum absolute atomic E-state index is 0.206. The van der Waals surface area contributed by atoms with E-state index in [4.69, 9.17) is 18.6 Å². The molecular weight excluding hydrogens is 466 g/mol. The van der Waals surface area contributed by atoms with E-state index in [1.807, 2.05) is 49.4 Å². The summed E-state index contributed by atoms with van der Waals surface area (Å²) >= 11 is 0. The zero-order valence-corrected chi connectivity index (χ0v) is 22.0. The number of ether oxygens (including phenoxy) is 3. The van der Waals surface area contributed by atoms with Crippen LogP contribution >= 0.6 is 0 Å². The van der Waals surface area contributed by atoms with Crippen LogP contribution in [0.5, 0.6) is 17.2 Å². The highest BCUT2D eigenvalue weighted by atomic mass is 16.5. The van der Waals surface area contributed by atoms with Gasteiger partial charge >= 0.3 is 0 Å². The van der Waals surface area contributed by atoms with Gasteiger partial charge in [-0.15, -0.1) is 0 Å². The van der Waals surface area contributed by atoms with Crippen molar-refractivity contribution in [2.45, 2.75) is 33.1 Å². The van der Waals surface area contributed by atoms with Crippen LogP contribution in [0.4, 0.5) is 5.69 Å². The topological polar surface area (TPSA) is 69.9 Å². The number of hydrogen-bond donors (Lipinski definition) is 1. The van der Waals surface area contributed by atoms with Crippen molar-refractivity contribution < 1.29 is 23.4 Å². The molecule has 0 fully saturated rings. The minimum Gasteiger partial charge on any atom is -0.497 e. The maximum Gasteiger partial charge on any atom is 0.248 e. The van der Waals surface area contributed by atoms with Crippen LogP contribution in [0.2, 0.25) is 0 Å². The van der Waals surface area contributed by atoms with Crippen molar-refractivity contribution in [1.82, 2.24) is 0 Å². The standard InChI is InChI=1S/C31H33NO5/c1-6-7-8-21-9-11-22(12-10-21)32-31(33)15-20(2)24-17-26-27(19-37-30(26)18-29(24)36-5)25-16-23(34-3)13-14-28(25)35-4/h9-19H,6-8H2,1-5H3,(H,32,33)/b20-15+. The van der Waals surface area contributed by atoms with Crippen LogP contribution in [-0.4, -0.2) is 27.2 Å². The second-order valence-electron chi connectivity index (χ2n) is 8.88. The summed E-state index contributed by atoms with van der Waals surface area (Å²) < 4.78 is 22.5. The van der Waals surface area contributed by atoms with Crippen molar-refractivity contribution in [3.05, 3.63) is 78.1 Å². The van der Waals surface area contributed by atoms with Crippen LogP contribution in [0.15, 0.2) is 71.4 Å². The summed E-state index contributed by atoms with van der Waals surface area (Å²) in [5.74, 6) is 1.83. The van der Waals surface area contributed by atoms with Crippen molar-refractivity contribution >= 4 is 28.1 Å². The Morgan fingerprint density at radius 3 is 2.35 bits per heavy atom. The number of aryl methyl sites for hydroxylation is 1.